The van der Waals surface area contributed by atoms with Crippen LogP contribution in [0.15, 0.2) is 83.3 Å². The molecule has 45 heavy (non-hydrogen) atoms. The minimum absolute atomic E-state index is 0.104. The van der Waals surface area contributed by atoms with Crippen LogP contribution in [0.5, 0.6) is 0 Å². The number of rotatable bonds is 9. The van der Waals surface area contributed by atoms with Crippen molar-refractivity contribution in [3.05, 3.63) is 101 Å². The molecule has 1 saturated heterocycles. The first-order valence-corrected chi connectivity index (χ1v) is 18.0. The van der Waals surface area contributed by atoms with Crippen LogP contribution < -0.4 is 0 Å². The van der Waals surface area contributed by atoms with Gasteiger partial charge in [0.2, 0.25) is 11.8 Å². The van der Waals surface area contributed by atoms with Gasteiger partial charge in [0.25, 0.3) is 10.1 Å². The molecule has 2 aromatic heterocycles. The van der Waals surface area contributed by atoms with Gasteiger partial charge < -0.3 is 14.1 Å². The smallest absolute Gasteiger partial charge is 0.410 e. The lowest BCUT2D eigenvalue weighted by atomic mass is 10.1. The van der Waals surface area contributed by atoms with Crippen LogP contribution in [-0.4, -0.2) is 65.9 Å². The molecule has 1 fully saturated rings. The fourth-order valence-electron chi connectivity index (χ4n) is 5.21. The van der Waals surface area contributed by atoms with E-state index in [0.29, 0.717) is 5.52 Å². The third-order valence-corrected chi connectivity index (χ3v) is 11.8. The van der Waals surface area contributed by atoms with Gasteiger partial charge in [0.15, 0.2) is 20.8 Å². The maximum Gasteiger partial charge on any atom is 0.410 e. The second kappa shape index (κ2) is 12.7. The molecule has 15 heteroatoms. The maximum absolute atomic E-state index is 14.3. The fraction of sp³-hybridized carbons (Fsp3) is 0.267. The average Bonchev–Trinajstić information content (AvgIpc) is 3.66. The standard InChI is InChI=1S/C30H28N4O8S3/c35-30(41-18-20-7-3-1-4-8-20)34-15-13-23(14-16-34)45(39,40)27(28-33-32-26(42-28)19-44(36,37)38)29-31-24-12-11-22(17-25(24)43-29)21-9-5-2-6-10-21/h1-12,17,23,27H,13-16,18-19H2,(H,36,37,38). The third kappa shape index (κ3) is 7.06. The fourth-order valence-corrected chi connectivity index (χ4v) is 9.13. The van der Waals surface area contributed by atoms with Crippen molar-refractivity contribution in [1.82, 2.24) is 20.1 Å². The number of amides is 1. The number of nitrogens with zero attached hydrogens (tertiary/aromatic N) is 4. The van der Waals surface area contributed by atoms with Crippen molar-refractivity contribution in [2.75, 3.05) is 13.1 Å². The van der Waals surface area contributed by atoms with E-state index in [9.17, 15) is 26.2 Å². The Morgan fingerprint density at radius 2 is 1.64 bits per heavy atom. The monoisotopic (exact) mass is 668 g/mol. The molecule has 3 heterocycles. The van der Waals surface area contributed by atoms with Crippen molar-refractivity contribution in [3.63, 3.8) is 0 Å². The van der Waals surface area contributed by atoms with Crippen molar-refractivity contribution in [1.29, 1.82) is 0 Å². The summed E-state index contributed by atoms with van der Waals surface area (Å²) in [6, 6.07) is 24.6. The van der Waals surface area contributed by atoms with Gasteiger partial charge in [-0.25, -0.2) is 18.2 Å². The summed E-state index contributed by atoms with van der Waals surface area (Å²) in [5, 5.41) is 5.37. The summed E-state index contributed by atoms with van der Waals surface area (Å²) in [6.07, 6.45) is -0.263. The molecular formula is C30H28N4O8S3. The number of piperidine rings is 1. The van der Waals surface area contributed by atoms with Crippen LogP contribution in [0.4, 0.5) is 4.79 Å². The number of thiazole rings is 1. The normalized spacial score (nSPS) is 15.3. The van der Waals surface area contributed by atoms with Crippen molar-refractivity contribution in [2.45, 2.75) is 35.7 Å². The molecule has 234 valence electrons. The van der Waals surface area contributed by atoms with Gasteiger partial charge in [-0.1, -0.05) is 66.7 Å². The van der Waals surface area contributed by atoms with Crippen molar-refractivity contribution < 1.29 is 35.3 Å². The molecule has 0 aliphatic carbocycles. The zero-order chi connectivity index (χ0) is 31.6. The van der Waals surface area contributed by atoms with E-state index >= 15 is 0 Å². The zero-order valence-corrected chi connectivity index (χ0v) is 26.2. The lowest BCUT2D eigenvalue weighted by Crippen LogP contribution is -2.43. The first-order valence-electron chi connectivity index (χ1n) is 14.0. The van der Waals surface area contributed by atoms with E-state index in [4.69, 9.17) is 9.15 Å². The Bertz CT molecular complexity index is 2020. The van der Waals surface area contributed by atoms with Gasteiger partial charge in [-0.3, -0.25) is 4.55 Å². The van der Waals surface area contributed by atoms with Gasteiger partial charge in [0.05, 0.1) is 15.5 Å². The van der Waals surface area contributed by atoms with Crippen molar-refractivity contribution in [3.8, 4) is 11.1 Å². The summed E-state index contributed by atoms with van der Waals surface area (Å²) >= 11 is 1.16. The molecule has 1 aliphatic rings. The van der Waals surface area contributed by atoms with Crippen molar-refractivity contribution >= 4 is 47.6 Å². The number of benzene rings is 3. The number of carbonyl (C=O) groups excluding carboxylic acids is 1. The van der Waals surface area contributed by atoms with Gasteiger partial charge in [0, 0.05) is 13.1 Å². The van der Waals surface area contributed by atoms with Gasteiger partial charge in [-0.15, -0.1) is 21.5 Å². The summed E-state index contributed by atoms with van der Waals surface area (Å²) in [5.74, 6) is -1.76. The highest BCUT2D eigenvalue weighted by atomic mass is 32.2. The summed E-state index contributed by atoms with van der Waals surface area (Å²) in [5.41, 5.74) is 3.33. The van der Waals surface area contributed by atoms with E-state index in [1.54, 1.807) is 6.07 Å². The zero-order valence-electron chi connectivity index (χ0n) is 23.7. The molecule has 1 N–H and O–H groups in total. The Morgan fingerprint density at radius 1 is 0.956 bits per heavy atom. The van der Waals surface area contributed by atoms with Gasteiger partial charge in [-0.05, 0) is 41.7 Å². The minimum Gasteiger partial charge on any atom is -0.445 e. The largest absolute Gasteiger partial charge is 0.445 e. The van der Waals surface area contributed by atoms with Crippen LogP contribution in [0, 0.1) is 0 Å². The number of carbonyl (C=O) groups is 1. The van der Waals surface area contributed by atoms with Gasteiger partial charge in [-0.2, -0.15) is 8.42 Å². The van der Waals surface area contributed by atoms with Gasteiger partial charge in [0.1, 0.15) is 11.6 Å². The molecule has 3 aromatic carbocycles. The molecular weight excluding hydrogens is 641 g/mol. The molecule has 0 spiro atoms. The highest BCUT2D eigenvalue weighted by Crippen LogP contribution is 2.40. The maximum atomic E-state index is 14.3. The summed E-state index contributed by atoms with van der Waals surface area (Å²) < 4.78 is 72.3. The number of likely N-dealkylation sites (tertiary alicyclic amines) is 1. The molecule has 1 atom stereocenters. The number of ether oxygens (including phenoxy) is 1. The number of fused-ring (bicyclic) bond motifs is 1. The first-order chi connectivity index (χ1) is 21.6. The minimum atomic E-state index is -4.51. The predicted octanol–water partition coefficient (Wildman–Crippen LogP) is 5.04. The summed E-state index contributed by atoms with van der Waals surface area (Å²) in [4.78, 5) is 18.8. The lowest BCUT2D eigenvalue weighted by Gasteiger charge is -2.32. The molecule has 0 saturated carbocycles. The van der Waals surface area contributed by atoms with E-state index in [-0.39, 0.29) is 43.4 Å². The molecule has 0 radical (unpaired) electrons. The summed E-state index contributed by atoms with van der Waals surface area (Å²) in [7, 11) is -8.62. The van der Waals surface area contributed by atoms with Gasteiger partial charge >= 0.3 is 6.09 Å². The molecule has 6 rings (SSSR count). The molecule has 1 amide bonds. The van der Waals surface area contributed by atoms with Crippen LogP contribution in [0.25, 0.3) is 21.3 Å². The van der Waals surface area contributed by atoms with Crippen molar-refractivity contribution in [2.24, 2.45) is 0 Å². The van der Waals surface area contributed by atoms with E-state index in [2.05, 4.69) is 15.2 Å². The number of sulfone groups is 1. The Hall–Kier alpha value is -4.18. The number of hydrogen-bond donors (Lipinski definition) is 1. The van der Waals surface area contributed by atoms with E-state index < -0.39 is 48.2 Å². The van der Waals surface area contributed by atoms with Crippen LogP contribution in [0.2, 0.25) is 0 Å². The van der Waals surface area contributed by atoms with Crippen LogP contribution in [0.3, 0.4) is 0 Å². The molecule has 1 aliphatic heterocycles. The molecule has 0 bridgehead atoms. The van der Waals surface area contributed by atoms with Crippen LogP contribution in [-0.2, 0) is 37.1 Å². The topological polar surface area (TPSA) is 170 Å². The molecule has 1 unspecified atom stereocenters. The van der Waals surface area contributed by atoms with E-state index in [1.165, 1.54) is 4.90 Å². The first kappa shape index (κ1) is 30.8. The number of hydrogen-bond acceptors (Lipinski definition) is 11. The molecule has 5 aromatic rings. The highest BCUT2D eigenvalue weighted by molar-refractivity contribution is 7.92. The number of aromatic nitrogens is 3. The quantitative estimate of drug-likeness (QED) is 0.209. The third-order valence-electron chi connectivity index (χ3n) is 7.45. The van der Waals surface area contributed by atoms with E-state index in [1.807, 2.05) is 72.8 Å². The Morgan fingerprint density at radius 3 is 2.33 bits per heavy atom. The predicted molar refractivity (Wildman–Crippen MR) is 167 cm³/mol. The van der Waals surface area contributed by atoms with Crippen LogP contribution >= 0.6 is 11.3 Å². The second-order valence-electron chi connectivity index (χ2n) is 10.6. The Balaban J connectivity index is 1.27. The Labute approximate surface area is 263 Å². The SMILES string of the molecule is O=C(OCc1ccccc1)N1CCC(S(=O)(=O)C(c2nnc(CS(=O)(=O)O)o2)c2nc3ccc(-c4ccccc4)cc3s2)CC1. The average molecular weight is 669 g/mol. The lowest BCUT2D eigenvalue weighted by molar-refractivity contribution is 0.0897. The second-order valence-corrected chi connectivity index (χ2v) is 15.4. The highest BCUT2D eigenvalue weighted by Gasteiger charge is 2.43. The molecule has 12 nitrogen and oxygen atoms in total. The summed E-state index contributed by atoms with van der Waals surface area (Å²) in [6.45, 7) is 0.414. The van der Waals surface area contributed by atoms with Crippen LogP contribution in [0.1, 0.15) is 40.4 Å². The van der Waals surface area contributed by atoms with E-state index in [0.717, 1.165) is 32.7 Å². The Kier molecular flexibility index (Phi) is 8.68.